The second-order valence-electron chi connectivity index (χ2n) is 5.67. The normalized spacial score (nSPS) is 20.4. The van der Waals surface area contributed by atoms with Gasteiger partial charge < -0.3 is 0 Å². The van der Waals surface area contributed by atoms with Gasteiger partial charge in [0.2, 0.25) is 5.91 Å². The first-order valence-corrected chi connectivity index (χ1v) is 8.85. The van der Waals surface area contributed by atoms with Crippen LogP contribution in [0.15, 0.2) is 76.4 Å². The summed E-state index contributed by atoms with van der Waals surface area (Å²) in [7, 11) is 0. The van der Waals surface area contributed by atoms with Crippen molar-refractivity contribution < 1.29 is 9.59 Å². The number of nitrogens with zero attached hydrogens (tertiary/aromatic N) is 3. The molecule has 0 aromatic heterocycles. The molecule has 4 rings (SSSR count). The lowest BCUT2D eigenvalue weighted by Gasteiger charge is -2.19. The predicted octanol–water partition coefficient (Wildman–Crippen LogP) is 3.40. The Bertz CT molecular complexity index is 907. The van der Waals surface area contributed by atoms with Gasteiger partial charge in [0, 0.05) is 5.69 Å². The Morgan fingerprint density at radius 2 is 1.52 bits per heavy atom. The van der Waals surface area contributed by atoms with Crippen molar-refractivity contribution in [2.24, 2.45) is 5.10 Å². The van der Waals surface area contributed by atoms with Crippen LogP contribution < -0.4 is 9.91 Å². The summed E-state index contributed by atoms with van der Waals surface area (Å²) < 4.78 is 0. The fourth-order valence-electron chi connectivity index (χ4n) is 2.89. The SMILES string of the molecule is CC1=NN(c2ccccc2)C(=O)/C1=C1\SCC(=O)N1c1ccccc1. The number of rotatable bonds is 2. The van der Waals surface area contributed by atoms with Crippen molar-refractivity contribution in [1.82, 2.24) is 0 Å². The van der Waals surface area contributed by atoms with E-state index in [2.05, 4.69) is 5.10 Å². The van der Waals surface area contributed by atoms with Gasteiger partial charge in [-0.2, -0.15) is 10.1 Å². The Balaban J connectivity index is 1.79. The van der Waals surface area contributed by atoms with Gasteiger partial charge in [0.25, 0.3) is 5.91 Å². The van der Waals surface area contributed by atoms with Gasteiger partial charge in [-0.15, -0.1) is 0 Å². The van der Waals surface area contributed by atoms with Crippen molar-refractivity contribution in [1.29, 1.82) is 0 Å². The van der Waals surface area contributed by atoms with Gasteiger partial charge in [0.05, 0.1) is 27.8 Å². The first kappa shape index (κ1) is 15.7. The molecule has 0 radical (unpaired) electrons. The van der Waals surface area contributed by atoms with Crippen LogP contribution in [0.4, 0.5) is 11.4 Å². The van der Waals surface area contributed by atoms with E-state index >= 15 is 0 Å². The van der Waals surface area contributed by atoms with Gasteiger partial charge in [0.15, 0.2) is 0 Å². The molecule has 2 heterocycles. The number of anilines is 2. The van der Waals surface area contributed by atoms with Gasteiger partial charge in [-0.3, -0.25) is 14.5 Å². The Kier molecular flexibility index (Phi) is 3.89. The Morgan fingerprint density at radius 1 is 0.920 bits per heavy atom. The number of hydrogen-bond donors (Lipinski definition) is 0. The van der Waals surface area contributed by atoms with Gasteiger partial charge in [-0.1, -0.05) is 48.2 Å². The molecular weight excluding hydrogens is 334 g/mol. The van der Waals surface area contributed by atoms with Gasteiger partial charge in [0.1, 0.15) is 0 Å². The number of para-hydroxylation sites is 2. The molecular formula is C19H15N3O2S. The molecule has 2 aromatic rings. The van der Waals surface area contributed by atoms with Crippen LogP contribution in [0, 0.1) is 0 Å². The van der Waals surface area contributed by atoms with Crippen LogP contribution in [0.25, 0.3) is 0 Å². The van der Waals surface area contributed by atoms with E-state index in [1.807, 2.05) is 60.7 Å². The zero-order valence-electron chi connectivity index (χ0n) is 13.5. The highest BCUT2D eigenvalue weighted by Gasteiger charge is 2.38. The van der Waals surface area contributed by atoms with E-state index in [0.717, 1.165) is 5.69 Å². The maximum absolute atomic E-state index is 13.0. The van der Waals surface area contributed by atoms with Crippen LogP contribution in [0.1, 0.15) is 6.92 Å². The van der Waals surface area contributed by atoms with E-state index in [4.69, 9.17) is 0 Å². The molecule has 2 amide bonds. The molecule has 0 atom stereocenters. The van der Waals surface area contributed by atoms with Crippen molar-refractivity contribution in [3.63, 3.8) is 0 Å². The van der Waals surface area contributed by atoms with E-state index in [9.17, 15) is 9.59 Å². The summed E-state index contributed by atoms with van der Waals surface area (Å²) in [4.78, 5) is 27.0. The number of amides is 2. The van der Waals surface area contributed by atoms with Crippen LogP contribution in [0.5, 0.6) is 0 Å². The Labute approximate surface area is 149 Å². The van der Waals surface area contributed by atoms with E-state index in [0.29, 0.717) is 27.8 Å². The quantitative estimate of drug-likeness (QED) is 0.781. The third-order valence-electron chi connectivity index (χ3n) is 4.03. The summed E-state index contributed by atoms with van der Waals surface area (Å²) >= 11 is 1.38. The molecule has 124 valence electrons. The molecule has 0 N–H and O–H groups in total. The first-order valence-electron chi connectivity index (χ1n) is 7.87. The average Bonchev–Trinajstić information content (AvgIpc) is 3.15. The number of thioether (sulfide) groups is 1. The molecule has 0 spiro atoms. The van der Waals surface area contributed by atoms with E-state index in [1.54, 1.807) is 11.8 Å². The number of carbonyl (C=O) groups excluding carboxylic acids is 2. The lowest BCUT2D eigenvalue weighted by atomic mass is 10.1. The van der Waals surface area contributed by atoms with Crippen LogP contribution in [-0.4, -0.2) is 23.3 Å². The molecule has 0 saturated carbocycles. The van der Waals surface area contributed by atoms with E-state index < -0.39 is 0 Å². The molecule has 2 aliphatic rings. The number of hydrazone groups is 1. The van der Waals surface area contributed by atoms with Crippen molar-refractivity contribution in [3.05, 3.63) is 71.3 Å². The molecule has 2 aliphatic heterocycles. The average molecular weight is 349 g/mol. The number of benzene rings is 2. The van der Waals surface area contributed by atoms with Gasteiger partial charge in [-0.25, -0.2) is 0 Å². The van der Waals surface area contributed by atoms with E-state index in [-0.39, 0.29) is 11.8 Å². The largest absolute Gasteiger partial charge is 0.283 e. The molecule has 0 aliphatic carbocycles. The van der Waals surface area contributed by atoms with Crippen LogP contribution >= 0.6 is 11.8 Å². The minimum atomic E-state index is -0.207. The fraction of sp³-hybridized carbons (Fsp3) is 0.105. The summed E-state index contributed by atoms with van der Waals surface area (Å²) in [6.07, 6.45) is 0. The number of hydrogen-bond acceptors (Lipinski definition) is 4. The minimum Gasteiger partial charge on any atom is -0.274 e. The summed E-state index contributed by atoms with van der Waals surface area (Å²) in [5, 5.41) is 6.46. The molecule has 0 unspecified atom stereocenters. The monoisotopic (exact) mass is 349 g/mol. The molecule has 5 nitrogen and oxygen atoms in total. The lowest BCUT2D eigenvalue weighted by molar-refractivity contribution is -0.115. The maximum atomic E-state index is 13.0. The second kappa shape index (κ2) is 6.22. The van der Waals surface area contributed by atoms with Crippen molar-refractivity contribution >= 4 is 40.7 Å². The van der Waals surface area contributed by atoms with Crippen molar-refractivity contribution in [2.75, 3.05) is 15.7 Å². The minimum absolute atomic E-state index is 0.0301. The Morgan fingerprint density at radius 3 is 2.16 bits per heavy atom. The smallest absolute Gasteiger partial charge is 0.274 e. The molecule has 6 heteroatoms. The highest BCUT2D eigenvalue weighted by Crippen LogP contribution is 2.38. The van der Waals surface area contributed by atoms with Gasteiger partial charge in [-0.05, 0) is 31.2 Å². The van der Waals surface area contributed by atoms with Crippen molar-refractivity contribution in [3.8, 4) is 0 Å². The zero-order valence-corrected chi connectivity index (χ0v) is 14.4. The highest BCUT2D eigenvalue weighted by molar-refractivity contribution is 8.04. The summed E-state index contributed by atoms with van der Waals surface area (Å²) in [5.41, 5.74) is 2.58. The van der Waals surface area contributed by atoms with Crippen LogP contribution in [-0.2, 0) is 9.59 Å². The van der Waals surface area contributed by atoms with E-state index in [1.165, 1.54) is 16.8 Å². The Hall–Kier alpha value is -2.86. The zero-order chi connectivity index (χ0) is 17.4. The molecule has 2 aromatic carbocycles. The van der Waals surface area contributed by atoms with Crippen molar-refractivity contribution in [2.45, 2.75) is 6.92 Å². The van der Waals surface area contributed by atoms with Crippen LogP contribution in [0.2, 0.25) is 0 Å². The summed E-state index contributed by atoms with van der Waals surface area (Å²) in [6.45, 7) is 1.80. The standard InChI is InChI=1S/C19H15N3O2S/c1-13-17(18(24)22(20-13)15-10-6-3-7-11-15)19-21(16(23)12-25-19)14-8-4-2-5-9-14/h2-11H,12H2,1H3/b19-17-. The fourth-order valence-corrected chi connectivity index (χ4v) is 4.00. The molecule has 1 fully saturated rings. The molecule has 25 heavy (non-hydrogen) atoms. The summed E-state index contributed by atoms with van der Waals surface area (Å²) in [5.74, 6) is 0.0823. The first-order chi connectivity index (χ1) is 12.2. The maximum Gasteiger partial charge on any atom is 0.283 e. The van der Waals surface area contributed by atoms with Gasteiger partial charge >= 0.3 is 0 Å². The highest BCUT2D eigenvalue weighted by atomic mass is 32.2. The topological polar surface area (TPSA) is 53.0 Å². The summed E-state index contributed by atoms with van der Waals surface area (Å²) in [6, 6.07) is 18.7. The predicted molar refractivity (Wildman–Crippen MR) is 100 cm³/mol. The second-order valence-corrected chi connectivity index (χ2v) is 6.64. The third-order valence-corrected chi connectivity index (χ3v) is 5.08. The number of carbonyl (C=O) groups is 2. The third kappa shape index (κ3) is 2.64. The lowest BCUT2D eigenvalue weighted by Crippen LogP contribution is -2.28. The molecule has 1 saturated heterocycles. The molecule has 0 bridgehead atoms. The van der Waals surface area contributed by atoms with Crippen LogP contribution in [0.3, 0.4) is 0 Å².